The molecular formula is C9H13ClN8. The predicted octanol–water partition coefficient (Wildman–Crippen LogP) is 2.53. The van der Waals surface area contributed by atoms with Gasteiger partial charge in [0, 0.05) is 11.8 Å². The van der Waals surface area contributed by atoms with E-state index in [1.54, 1.807) is 6.20 Å². The third kappa shape index (κ3) is 2.99. The summed E-state index contributed by atoms with van der Waals surface area (Å²) in [5.41, 5.74) is 9.59. The van der Waals surface area contributed by atoms with Gasteiger partial charge in [-0.25, -0.2) is 9.97 Å². The molecule has 18 heavy (non-hydrogen) atoms. The van der Waals surface area contributed by atoms with Gasteiger partial charge in [0.25, 0.3) is 0 Å². The number of nitrogens with zero attached hydrogens (tertiary/aromatic N) is 7. The zero-order valence-corrected chi connectivity index (χ0v) is 10.6. The van der Waals surface area contributed by atoms with Gasteiger partial charge in [-0.15, -0.1) is 17.9 Å². The predicted molar refractivity (Wildman–Crippen MR) is 70.5 cm³/mol. The number of rotatable bonds is 5. The third-order valence-corrected chi connectivity index (χ3v) is 2.25. The lowest BCUT2D eigenvalue weighted by Crippen LogP contribution is -2.03. The lowest BCUT2D eigenvalue weighted by atomic mass is 10.3. The first-order valence-corrected chi connectivity index (χ1v) is 5.34. The molecule has 2 aromatic rings. The molecule has 9 heteroatoms. The summed E-state index contributed by atoms with van der Waals surface area (Å²) >= 11 is 0. The molecule has 0 aromatic carbocycles. The number of fused-ring (bicyclic) bond motifs is 1. The molecule has 0 radical (unpaired) electrons. The van der Waals surface area contributed by atoms with Crippen molar-refractivity contribution in [1.82, 2.24) is 19.9 Å². The van der Waals surface area contributed by atoms with Crippen molar-refractivity contribution in [3.63, 3.8) is 0 Å². The van der Waals surface area contributed by atoms with Crippen molar-refractivity contribution in [3.05, 3.63) is 23.0 Å². The second kappa shape index (κ2) is 6.63. The molecule has 2 aromatic heterocycles. The summed E-state index contributed by atoms with van der Waals surface area (Å²) in [5, 5.41) is 10.6. The van der Waals surface area contributed by atoms with Crippen molar-refractivity contribution in [1.29, 1.82) is 0 Å². The van der Waals surface area contributed by atoms with Crippen molar-refractivity contribution in [2.75, 3.05) is 11.9 Å². The summed E-state index contributed by atoms with van der Waals surface area (Å²) < 4.78 is 0. The maximum atomic E-state index is 8.33. The van der Waals surface area contributed by atoms with Gasteiger partial charge < -0.3 is 5.32 Å². The zero-order valence-electron chi connectivity index (χ0n) is 9.81. The minimum Gasteiger partial charge on any atom is -0.368 e. The Balaban J connectivity index is 0.00000162. The van der Waals surface area contributed by atoms with Gasteiger partial charge in [0.1, 0.15) is 11.8 Å². The number of hydrogen-bond acceptors (Lipinski definition) is 5. The average molecular weight is 269 g/mol. The highest BCUT2D eigenvalue weighted by molar-refractivity contribution is 5.85. The number of unbranched alkanes of at least 4 members (excludes halogenated alkanes) is 1. The minimum absolute atomic E-state index is 0. The Morgan fingerprint density at radius 3 is 3.06 bits per heavy atom. The highest BCUT2D eigenvalue weighted by Gasteiger charge is 2.10. The molecule has 96 valence electrons. The molecule has 0 bridgehead atoms. The van der Waals surface area contributed by atoms with Crippen LogP contribution in [0.1, 0.15) is 19.8 Å². The van der Waals surface area contributed by atoms with Gasteiger partial charge in [-0.1, -0.05) is 23.2 Å². The van der Waals surface area contributed by atoms with Crippen molar-refractivity contribution >= 4 is 29.3 Å². The molecule has 0 aliphatic rings. The van der Waals surface area contributed by atoms with E-state index in [2.05, 4.69) is 37.4 Å². The van der Waals surface area contributed by atoms with Crippen LogP contribution >= 0.6 is 12.4 Å². The second-order valence-electron chi connectivity index (χ2n) is 3.46. The SMILES string of the molecule is CCCCNc1ncnc2cn(N=[N+]=[N-])nc12.Cl. The highest BCUT2D eigenvalue weighted by Crippen LogP contribution is 2.16. The van der Waals surface area contributed by atoms with Crippen LogP contribution in [0.5, 0.6) is 0 Å². The molecule has 2 rings (SSSR count). The smallest absolute Gasteiger partial charge is 0.179 e. The first-order valence-electron chi connectivity index (χ1n) is 5.34. The molecular weight excluding hydrogens is 256 g/mol. The van der Waals surface area contributed by atoms with Crippen LogP contribution < -0.4 is 5.32 Å². The molecule has 0 saturated heterocycles. The van der Waals surface area contributed by atoms with E-state index in [0.29, 0.717) is 16.9 Å². The van der Waals surface area contributed by atoms with Crippen LogP contribution in [0.25, 0.3) is 21.5 Å². The van der Waals surface area contributed by atoms with Crippen molar-refractivity contribution in [3.8, 4) is 0 Å². The summed E-state index contributed by atoms with van der Waals surface area (Å²) in [4.78, 5) is 12.0. The first kappa shape index (κ1) is 14.0. The van der Waals surface area contributed by atoms with Crippen LogP contribution in [0, 0.1) is 0 Å². The van der Waals surface area contributed by atoms with Crippen LogP contribution in [0.3, 0.4) is 0 Å². The summed E-state index contributed by atoms with van der Waals surface area (Å²) in [6, 6.07) is 0. The maximum absolute atomic E-state index is 8.33. The van der Waals surface area contributed by atoms with Gasteiger partial charge in [-0.05, 0) is 6.42 Å². The number of aromatic nitrogens is 4. The van der Waals surface area contributed by atoms with Crippen LogP contribution in [-0.2, 0) is 0 Å². The van der Waals surface area contributed by atoms with Crippen LogP contribution in [0.2, 0.25) is 0 Å². The van der Waals surface area contributed by atoms with Crippen LogP contribution in [0.15, 0.2) is 17.7 Å². The standard InChI is InChI=1S/C9H12N8.ClH/c1-2-3-4-11-9-8-7(12-6-13-9)5-17(14-8)16-15-10;/h5-6H,2-4H2,1H3,(H,11,12,13);1H. The number of nitrogens with one attached hydrogen (secondary N) is 1. The largest absolute Gasteiger partial charge is 0.368 e. The quantitative estimate of drug-likeness (QED) is 0.389. The Kier molecular flexibility index (Phi) is 5.16. The van der Waals surface area contributed by atoms with E-state index in [1.165, 1.54) is 6.33 Å². The van der Waals surface area contributed by atoms with E-state index >= 15 is 0 Å². The average Bonchev–Trinajstić information content (AvgIpc) is 2.73. The fraction of sp³-hybridized carbons (Fsp3) is 0.444. The Labute approximate surface area is 109 Å². The topological polar surface area (TPSA) is 104 Å². The van der Waals surface area contributed by atoms with E-state index < -0.39 is 0 Å². The Morgan fingerprint density at radius 1 is 1.50 bits per heavy atom. The van der Waals surface area contributed by atoms with Gasteiger partial charge in [0.15, 0.2) is 17.5 Å². The summed E-state index contributed by atoms with van der Waals surface area (Å²) in [6.45, 7) is 2.95. The van der Waals surface area contributed by atoms with E-state index in [-0.39, 0.29) is 12.4 Å². The Morgan fingerprint density at radius 2 is 2.33 bits per heavy atom. The molecule has 0 unspecified atom stereocenters. The summed E-state index contributed by atoms with van der Waals surface area (Å²) in [6.07, 6.45) is 5.18. The molecule has 0 saturated carbocycles. The molecule has 1 N–H and O–H groups in total. The van der Waals surface area contributed by atoms with Crippen molar-refractivity contribution in [2.45, 2.75) is 19.8 Å². The Bertz CT molecular complexity index is 559. The van der Waals surface area contributed by atoms with E-state index in [0.717, 1.165) is 24.2 Å². The van der Waals surface area contributed by atoms with E-state index in [9.17, 15) is 0 Å². The lowest BCUT2D eigenvalue weighted by Gasteiger charge is -2.02. The molecule has 0 aliphatic carbocycles. The van der Waals surface area contributed by atoms with Gasteiger partial charge in [0.2, 0.25) is 0 Å². The number of anilines is 1. The molecule has 8 nitrogen and oxygen atoms in total. The van der Waals surface area contributed by atoms with Gasteiger partial charge in [-0.3, -0.25) is 0 Å². The van der Waals surface area contributed by atoms with Crippen molar-refractivity contribution < 1.29 is 0 Å². The maximum Gasteiger partial charge on any atom is 0.179 e. The third-order valence-electron chi connectivity index (χ3n) is 2.25. The van der Waals surface area contributed by atoms with E-state index in [4.69, 9.17) is 5.53 Å². The molecule has 0 amide bonds. The Hall–Kier alpha value is -2.05. The van der Waals surface area contributed by atoms with E-state index in [1.807, 2.05) is 0 Å². The van der Waals surface area contributed by atoms with Crippen LogP contribution in [0.4, 0.5) is 5.82 Å². The van der Waals surface area contributed by atoms with Crippen LogP contribution in [-0.4, -0.2) is 26.4 Å². The van der Waals surface area contributed by atoms with Gasteiger partial charge in [-0.2, -0.15) is 4.91 Å². The number of halogens is 1. The number of hydrogen-bond donors (Lipinski definition) is 1. The second-order valence-corrected chi connectivity index (χ2v) is 3.46. The lowest BCUT2D eigenvalue weighted by molar-refractivity contribution is 0.739. The monoisotopic (exact) mass is 268 g/mol. The fourth-order valence-corrected chi connectivity index (χ4v) is 1.43. The summed E-state index contributed by atoms with van der Waals surface area (Å²) in [7, 11) is 0. The van der Waals surface area contributed by atoms with Gasteiger partial charge in [0.05, 0.1) is 0 Å². The molecule has 0 fully saturated rings. The van der Waals surface area contributed by atoms with Crippen molar-refractivity contribution in [2.24, 2.45) is 5.22 Å². The van der Waals surface area contributed by atoms with Gasteiger partial charge >= 0.3 is 0 Å². The molecule has 0 spiro atoms. The zero-order chi connectivity index (χ0) is 12.1. The molecule has 0 aliphatic heterocycles. The minimum atomic E-state index is 0. The highest BCUT2D eigenvalue weighted by atomic mass is 35.5. The molecule has 0 atom stereocenters. The normalized spacial score (nSPS) is 9.61. The molecule has 2 heterocycles. The fourth-order valence-electron chi connectivity index (χ4n) is 1.43. The first-order chi connectivity index (χ1) is 8.35. The number of azide groups is 1. The summed E-state index contributed by atoms with van der Waals surface area (Å²) in [5.74, 6) is 0.662.